The molecule has 1 unspecified atom stereocenters. The number of rotatable bonds is 5. The molecule has 1 aliphatic rings. The summed E-state index contributed by atoms with van der Waals surface area (Å²) in [7, 11) is 0. The average molecular weight is 221 g/mol. The smallest absolute Gasteiger partial charge is 0.356 e. The lowest BCUT2D eigenvalue weighted by Crippen LogP contribution is -2.24. The summed E-state index contributed by atoms with van der Waals surface area (Å²) < 4.78 is 0. The first-order valence-corrected chi connectivity index (χ1v) is 5.46. The Balaban J connectivity index is 2.07. The lowest BCUT2D eigenvalue weighted by atomic mass is 10.1. The molecule has 0 saturated heterocycles. The second-order valence-corrected chi connectivity index (χ2v) is 4.17. The lowest BCUT2D eigenvalue weighted by molar-refractivity contribution is 0.0687. The summed E-state index contributed by atoms with van der Waals surface area (Å²) in [6.45, 7) is 2.84. The Hall–Kier alpha value is -1.49. The van der Waals surface area contributed by atoms with Gasteiger partial charge in [0, 0.05) is 18.4 Å². The molecule has 1 aromatic heterocycles. The van der Waals surface area contributed by atoms with E-state index < -0.39 is 5.97 Å². The number of hydrogen-bond donors (Lipinski definition) is 2. The van der Waals surface area contributed by atoms with Crippen LogP contribution in [0.3, 0.4) is 0 Å². The molecule has 1 aromatic rings. The highest BCUT2D eigenvalue weighted by Crippen LogP contribution is 2.28. The zero-order valence-electron chi connectivity index (χ0n) is 9.18. The minimum Gasteiger partial charge on any atom is -0.476 e. The first kappa shape index (κ1) is 11.0. The minimum atomic E-state index is -1.02. The third kappa shape index (κ3) is 2.55. The first-order chi connectivity index (χ1) is 7.68. The molecular formula is C11H15N3O2. The van der Waals surface area contributed by atoms with Crippen LogP contribution >= 0.6 is 0 Å². The van der Waals surface area contributed by atoms with Gasteiger partial charge in [0.15, 0.2) is 5.69 Å². The normalized spacial score (nSPS) is 17.1. The summed E-state index contributed by atoms with van der Waals surface area (Å²) in [4.78, 5) is 18.9. The topological polar surface area (TPSA) is 75.1 Å². The van der Waals surface area contributed by atoms with Gasteiger partial charge in [0.2, 0.25) is 0 Å². The van der Waals surface area contributed by atoms with Crippen molar-refractivity contribution >= 4 is 5.97 Å². The van der Waals surface area contributed by atoms with Gasteiger partial charge >= 0.3 is 5.97 Å². The van der Waals surface area contributed by atoms with E-state index in [0.29, 0.717) is 5.69 Å². The van der Waals surface area contributed by atoms with Crippen molar-refractivity contribution in [2.75, 3.05) is 6.54 Å². The number of carboxylic acid groups (broad SMARTS) is 1. The van der Waals surface area contributed by atoms with Crippen molar-refractivity contribution < 1.29 is 9.90 Å². The molecule has 1 atom stereocenters. The Bertz CT molecular complexity index is 391. The van der Waals surface area contributed by atoms with Crippen LogP contribution in [0, 0.1) is 5.92 Å². The third-order valence-corrected chi connectivity index (χ3v) is 2.75. The molecule has 5 nitrogen and oxygen atoms in total. The summed E-state index contributed by atoms with van der Waals surface area (Å²) in [5.74, 6) is -0.268. The molecule has 1 heterocycles. The van der Waals surface area contributed by atoms with Crippen molar-refractivity contribution in [1.29, 1.82) is 0 Å². The van der Waals surface area contributed by atoms with Crippen molar-refractivity contribution in [1.82, 2.24) is 15.3 Å². The molecule has 1 aliphatic carbocycles. The molecule has 0 bridgehead atoms. The van der Waals surface area contributed by atoms with E-state index >= 15 is 0 Å². The molecule has 5 heteroatoms. The number of carbonyl (C=O) groups is 1. The quantitative estimate of drug-likeness (QED) is 0.782. The Labute approximate surface area is 93.9 Å². The van der Waals surface area contributed by atoms with E-state index in [2.05, 4.69) is 15.3 Å². The highest BCUT2D eigenvalue weighted by atomic mass is 16.4. The van der Waals surface area contributed by atoms with Crippen molar-refractivity contribution in [3.05, 3.63) is 23.8 Å². The summed E-state index contributed by atoms with van der Waals surface area (Å²) in [5, 5.41) is 12.3. The van der Waals surface area contributed by atoms with E-state index in [1.54, 1.807) is 0 Å². The molecule has 2 N–H and O–H groups in total. The number of carboxylic acids is 1. The number of aromatic nitrogens is 2. The maximum Gasteiger partial charge on any atom is 0.356 e. The molecule has 2 rings (SSSR count). The van der Waals surface area contributed by atoms with Gasteiger partial charge in [-0.3, -0.25) is 4.98 Å². The SMILES string of the molecule is CC(NCC1CC1)c1nccnc1C(=O)O. The van der Waals surface area contributed by atoms with Gasteiger partial charge in [-0.15, -0.1) is 0 Å². The van der Waals surface area contributed by atoms with E-state index in [9.17, 15) is 4.79 Å². The zero-order valence-corrected chi connectivity index (χ0v) is 9.18. The van der Waals surface area contributed by atoms with Gasteiger partial charge in [0.1, 0.15) is 0 Å². The van der Waals surface area contributed by atoms with Crippen molar-refractivity contribution in [2.45, 2.75) is 25.8 Å². The van der Waals surface area contributed by atoms with E-state index in [0.717, 1.165) is 12.5 Å². The average Bonchev–Trinajstić information content (AvgIpc) is 3.09. The van der Waals surface area contributed by atoms with E-state index in [1.807, 2.05) is 6.92 Å². The van der Waals surface area contributed by atoms with Crippen LogP contribution in [0.4, 0.5) is 0 Å². The minimum absolute atomic E-state index is 0.0401. The van der Waals surface area contributed by atoms with Crippen LogP contribution in [0.2, 0.25) is 0 Å². The zero-order chi connectivity index (χ0) is 11.5. The van der Waals surface area contributed by atoms with Crippen LogP contribution in [0.5, 0.6) is 0 Å². The van der Waals surface area contributed by atoms with Crippen molar-refractivity contribution in [3.63, 3.8) is 0 Å². The number of nitrogens with zero attached hydrogens (tertiary/aromatic N) is 2. The standard InChI is InChI=1S/C11H15N3O2/c1-7(14-6-8-2-3-8)9-10(11(15)16)13-5-4-12-9/h4-5,7-8,14H,2-3,6H2,1H3,(H,15,16). The fraction of sp³-hybridized carbons (Fsp3) is 0.545. The molecule has 0 aliphatic heterocycles. The second-order valence-electron chi connectivity index (χ2n) is 4.17. The van der Waals surface area contributed by atoms with Gasteiger partial charge in [-0.2, -0.15) is 0 Å². The highest BCUT2D eigenvalue weighted by Gasteiger charge is 2.23. The maximum absolute atomic E-state index is 10.9. The number of aromatic carboxylic acids is 1. The maximum atomic E-state index is 10.9. The predicted octanol–water partition coefficient (Wildman–Crippen LogP) is 1.24. The van der Waals surface area contributed by atoms with Crippen molar-refractivity contribution in [3.8, 4) is 0 Å². The molecule has 0 spiro atoms. The Morgan fingerprint density at radius 3 is 2.88 bits per heavy atom. The summed E-state index contributed by atoms with van der Waals surface area (Å²) in [6, 6.07) is -0.0691. The summed E-state index contributed by atoms with van der Waals surface area (Å²) in [6.07, 6.45) is 5.47. The molecule has 16 heavy (non-hydrogen) atoms. The Morgan fingerprint density at radius 2 is 2.25 bits per heavy atom. The van der Waals surface area contributed by atoms with Crippen molar-refractivity contribution in [2.24, 2.45) is 5.92 Å². The molecule has 0 aromatic carbocycles. The number of nitrogens with one attached hydrogen (secondary N) is 1. The molecule has 86 valence electrons. The Kier molecular flexibility index (Phi) is 3.14. The van der Waals surface area contributed by atoms with Gasteiger partial charge < -0.3 is 10.4 Å². The number of hydrogen-bond acceptors (Lipinski definition) is 4. The predicted molar refractivity (Wildman–Crippen MR) is 58.1 cm³/mol. The van der Waals surface area contributed by atoms with Gasteiger partial charge in [-0.05, 0) is 32.2 Å². The molecule has 1 saturated carbocycles. The van der Waals surface area contributed by atoms with Crippen LogP contribution in [0.1, 0.15) is 42.0 Å². The van der Waals surface area contributed by atoms with Crippen LogP contribution < -0.4 is 5.32 Å². The summed E-state index contributed by atoms with van der Waals surface area (Å²) in [5.41, 5.74) is 0.550. The van der Waals surface area contributed by atoms with Crippen LogP contribution in [-0.2, 0) is 0 Å². The van der Waals surface area contributed by atoms with Gasteiger partial charge in [0.05, 0.1) is 5.69 Å². The van der Waals surface area contributed by atoms with E-state index in [4.69, 9.17) is 5.11 Å². The lowest BCUT2D eigenvalue weighted by Gasteiger charge is -2.14. The fourth-order valence-corrected chi connectivity index (χ4v) is 1.59. The summed E-state index contributed by atoms with van der Waals surface area (Å²) >= 11 is 0. The highest BCUT2D eigenvalue weighted by molar-refractivity contribution is 5.86. The van der Waals surface area contributed by atoms with Gasteiger partial charge in [0.25, 0.3) is 0 Å². The Morgan fingerprint density at radius 1 is 1.56 bits per heavy atom. The van der Waals surface area contributed by atoms with E-state index in [1.165, 1.54) is 25.2 Å². The largest absolute Gasteiger partial charge is 0.476 e. The molecule has 0 amide bonds. The van der Waals surface area contributed by atoms with Gasteiger partial charge in [-0.25, -0.2) is 9.78 Å². The monoisotopic (exact) mass is 221 g/mol. The molecule has 0 radical (unpaired) electrons. The molecule has 1 fully saturated rings. The van der Waals surface area contributed by atoms with Crippen LogP contribution in [-0.4, -0.2) is 27.6 Å². The van der Waals surface area contributed by atoms with E-state index in [-0.39, 0.29) is 11.7 Å². The van der Waals surface area contributed by atoms with Crippen LogP contribution in [0.25, 0.3) is 0 Å². The fourth-order valence-electron chi connectivity index (χ4n) is 1.59. The second kappa shape index (κ2) is 4.57. The van der Waals surface area contributed by atoms with Gasteiger partial charge in [-0.1, -0.05) is 0 Å². The van der Waals surface area contributed by atoms with Crippen LogP contribution in [0.15, 0.2) is 12.4 Å². The molecular weight excluding hydrogens is 206 g/mol. The first-order valence-electron chi connectivity index (χ1n) is 5.46. The third-order valence-electron chi connectivity index (χ3n) is 2.75.